The number of rotatable bonds is 5. The second kappa shape index (κ2) is 8.45. The summed E-state index contributed by atoms with van der Waals surface area (Å²) in [5.41, 5.74) is 1.12. The highest BCUT2D eigenvalue weighted by molar-refractivity contribution is 6.30. The number of hydrogen-bond acceptors (Lipinski definition) is 4. The fraction of sp³-hybridized carbons (Fsp3) is 0.238. The summed E-state index contributed by atoms with van der Waals surface area (Å²) in [7, 11) is 1.49. The number of amides is 2. The minimum Gasteiger partial charge on any atom is -0.324 e. The van der Waals surface area contributed by atoms with Crippen molar-refractivity contribution in [3.63, 3.8) is 0 Å². The lowest BCUT2D eigenvalue weighted by molar-refractivity contribution is -0.119. The number of carbonyl (C=O) groups excluding carboxylic acids is 2. The summed E-state index contributed by atoms with van der Waals surface area (Å²) in [4.78, 5) is 43.6. The summed E-state index contributed by atoms with van der Waals surface area (Å²) >= 11 is 5.90. The van der Waals surface area contributed by atoms with E-state index in [1.165, 1.54) is 23.4 Å². The van der Waals surface area contributed by atoms with Crippen LogP contribution in [0.4, 0.5) is 11.5 Å². The summed E-state index contributed by atoms with van der Waals surface area (Å²) < 4.78 is 1.41. The number of hydrogen-bond donors (Lipinski definition) is 1. The fourth-order valence-corrected chi connectivity index (χ4v) is 3.19. The van der Waals surface area contributed by atoms with Gasteiger partial charge in [0.05, 0.1) is 11.0 Å². The summed E-state index contributed by atoms with van der Waals surface area (Å²) in [6, 6.07) is 13.0. The van der Waals surface area contributed by atoms with Crippen LogP contribution >= 0.6 is 11.6 Å². The average Bonchev–Trinajstić information content (AvgIpc) is 2.71. The summed E-state index contributed by atoms with van der Waals surface area (Å²) in [5.74, 6) is -0.686. The average molecular weight is 413 g/mol. The highest BCUT2D eigenvalue weighted by Gasteiger charge is 2.25. The molecule has 7 nitrogen and oxygen atoms in total. The molecule has 0 radical (unpaired) electrons. The molecule has 8 heteroatoms. The molecular weight excluding hydrogens is 392 g/mol. The molecule has 0 saturated heterocycles. The number of nitrogens with one attached hydrogen (secondary N) is 1. The van der Waals surface area contributed by atoms with E-state index >= 15 is 0 Å². The number of anilines is 2. The third-order valence-electron chi connectivity index (χ3n) is 4.68. The van der Waals surface area contributed by atoms with Crippen LogP contribution in [0.1, 0.15) is 26.3 Å². The Balaban J connectivity index is 2.13. The van der Waals surface area contributed by atoms with E-state index in [9.17, 15) is 14.4 Å². The smallest absolute Gasteiger partial charge is 0.295 e. The van der Waals surface area contributed by atoms with Gasteiger partial charge in [0, 0.05) is 24.7 Å². The summed E-state index contributed by atoms with van der Waals surface area (Å²) in [5, 5.41) is 3.38. The lowest BCUT2D eigenvalue weighted by Crippen LogP contribution is -2.38. The van der Waals surface area contributed by atoms with Gasteiger partial charge < -0.3 is 5.32 Å². The molecular formula is C21H21ClN4O3. The molecule has 1 N–H and O–H groups in total. The number of aromatic nitrogens is 2. The molecule has 0 saturated carbocycles. The Morgan fingerprint density at radius 1 is 1.17 bits per heavy atom. The summed E-state index contributed by atoms with van der Waals surface area (Å²) in [6.07, 6.45) is 0.372. The van der Waals surface area contributed by atoms with Crippen LogP contribution in [-0.2, 0) is 9.59 Å². The van der Waals surface area contributed by atoms with E-state index in [2.05, 4.69) is 10.3 Å². The van der Waals surface area contributed by atoms with Gasteiger partial charge in [-0.3, -0.25) is 23.9 Å². The van der Waals surface area contributed by atoms with E-state index in [0.29, 0.717) is 28.2 Å². The molecule has 29 heavy (non-hydrogen) atoms. The standard InChI is InChI=1S/C21H21ClN4O3/c1-4-17(20(28)23-15-11-9-14(22)10-12-15)26-18-8-6-5-7-16(18)24-19(21(26)29)25(3)13(2)27/h5-12,17H,4H2,1-3H3,(H,23,28)/t17-/m0/s1. The van der Waals surface area contributed by atoms with E-state index in [4.69, 9.17) is 11.6 Å². The van der Waals surface area contributed by atoms with Gasteiger partial charge in [-0.25, -0.2) is 4.98 Å². The Morgan fingerprint density at radius 3 is 2.45 bits per heavy atom. The third kappa shape index (κ3) is 4.14. The molecule has 1 atom stereocenters. The van der Waals surface area contributed by atoms with Crippen LogP contribution in [0.2, 0.25) is 5.02 Å². The second-order valence-electron chi connectivity index (χ2n) is 6.60. The number of benzene rings is 2. The van der Waals surface area contributed by atoms with Gasteiger partial charge in [-0.05, 0) is 42.8 Å². The number of carbonyl (C=O) groups is 2. The first-order valence-electron chi connectivity index (χ1n) is 9.15. The molecule has 0 aliphatic rings. The predicted octanol–water partition coefficient (Wildman–Crippen LogP) is 3.62. The predicted molar refractivity (Wildman–Crippen MR) is 114 cm³/mol. The molecule has 1 aromatic heterocycles. The first kappa shape index (κ1) is 20.5. The minimum atomic E-state index is -0.787. The molecule has 0 aliphatic carbocycles. The van der Waals surface area contributed by atoms with Crippen molar-refractivity contribution in [1.82, 2.24) is 9.55 Å². The zero-order chi connectivity index (χ0) is 21.1. The molecule has 0 aliphatic heterocycles. The van der Waals surface area contributed by atoms with Gasteiger partial charge in [-0.15, -0.1) is 0 Å². The Kier molecular flexibility index (Phi) is 5.98. The highest BCUT2D eigenvalue weighted by Crippen LogP contribution is 2.22. The largest absolute Gasteiger partial charge is 0.324 e. The van der Waals surface area contributed by atoms with Crippen LogP contribution in [0.25, 0.3) is 11.0 Å². The second-order valence-corrected chi connectivity index (χ2v) is 7.03. The van der Waals surface area contributed by atoms with Crippen LogP contribution in [0, 0.1) is 0 Å². The monoisotopic (exact) mass is 412 g/mol. The fourth-order valence-electron chi connectivity index (χ4n) is 3.06. The van der Waals surface area contributed by atoms with Gasteiger partial charge in [-0.2, -0.15) is 0 Å². The minimum absolute atomic E-state index is 0.0195. The molecule has 150 valence electrons. The number of para-hydroxylation sites is 2. The van der Waals surface area contributed by atoms with Gasteiger partial charge >= 0.3 is 0 Å². The molecule has 2 amide bonds. The Bertz CT molecular complexity index is 1120. The van der Waals surface area contributed by atoms with E-state index in [1.807, 2.05) is 6.92 Å². The zero-order valence-corrected chi connectivity index (χ0v) is 17.1. The topological polar surface area (TPSA) is 84.3 Å². The molecule has 0 bridgehead atoms. The maximum Gasteiger partial charge on any atom is 0.295 e. The van der Waals surface area contributed by atoms with Crippen molar-refractivity contribution in [2.24, 2.45) is 0 Å². The number of fused-ring (bicyclic) bond motifs is 1. The van der Waals surface area contributed by atoms with E-state index in [0.717, 1.165) is 0 Å². The molecule has 3 aromatic rings. The first-order chi connectivity index (χ1) is 13.8. The van der Waals surface area contributed by atoms with Crippen molar-refractivity contribution in [1.29, 1.82) is 0 Å². The Hall–Kier alpha value is -3.19. The zero-order valence-electron chi connectivity index (χ0n) is 16.3. The quantitative estimate of drug-likeness (QED) is 0.693. The van der Waals surface area contributed by atoms with E-state index < -0.39 is 11.6 Å². The van der Waals surface area contributed by atoms with Crippen molar-refractivity contribution in [3.05, 3.63) is 63.9 Å². The molecule has 0 fully saturated rings. The molecule has 3 rings (SSSR count). The van der Waals surface area contributed by atoms with Crippen molar-refractivity contribution in [2.75, 3.05) is 17.3 Å². The SMILES string of the molecule is CC[C@@H](C(=O)Nc1ccc(Cl)cc1)n1c(=O)c(N(C)C(C)=O)nc2ccccc21. The van der Waals surface area contributed by atoms with Gasteiger partial charge in [0.1, 0.15) is 6.04 Å². The van der Waals surface area contributed by atoms with Gasteiger partial charge in [-0.1, -0.05) is 30.7 Å². The van der Waals surface area contributed by atoms with Crippen LogP contribution in [0.15, 0.2) is 53.3 Å². The van der Waals surface area contributed by atoms with E-state index in [1.54, 1.807) is 48.5 Å². The van der Waals surface area contributed by atoms with E-state index in [-0.39, 0.29) is 17.6 Å². The van der Waals surface area contributed by atoms with Crippen LogP contribution in [0.3, 0.4) is 0 Å². The number of nitrogens with zero attached hydrogens (tertiary/aromatic N) is 3. The summed E-state index contributed by atoms with van der Waals surface area (Å²) in [6.45, 7) is 3.17. The molecule has 0 spiro atoms. The Morgan fingerprint density at radius 2 is 1.83 bits per heavy atom. The van der Waals surface area contributed by atoms with Crippen molar-refractivity contribution < 1.29 is 9.59 Å². The molecule has 1 heterocycles. The third-order valence-corrected chi connectivity index (χ3v) is 4.93. The maximum absolute atomic E-state index is 13.2. The highest BCUT2D eigenvalue weighted by atomic mass is 35.5. The maximum atomic E-state index is 13.2. The normalized spacial score (nSPS) is 11.9. The van der Waals surface area contributed by atoms with Crippen LogP contribution in [0.5, 0.6) is 0 Å². The van der Waals surface area contributed by atoms with Crippen LogP contribution < -0.4 is 15.8 Å². The van der Waals surface area contributed by atoms with Crippen molar-refractivity contribution in [2.45, 2.75) is 26.3 Å². The number of halogens is 1. The Labute approximate surface area is 172 Å². The lowest BCUT2D eigenvalue weighted by atomic mass is 10.1. The van der Waals surface area contributed by atoms with Gasteiger partial charge in [0.2, 0.25) is 17.6 Å². The van der Waals surface area contributed by atoms with Gasteiger partial charge in [0.15, 0.2) is 0 Å². The van der Waals surface area contributed by atoms with Gasteiger partial charge in [0.25, 0.3) is 5.56 Å². The van der Waals surface area contributed by atoms with Crippen LogP contribution in [-0.4, -0.2) is 28.4 Å². The van der Waals surface area contributed by atoms with Crippen molar-refractivity contribution >= 4 is 46.0 Å². The first-order valence-corrected chi connectivity index (χ1v) is 9.53. The lowest BCUT2D eigenvalue weighted by Gasteiger charge is -2.22. The molecule has 0 unspecified atom stereocenters. The molecule has 2 aromatic carbocycles. The van der Waals surface area contributed by atoms with Crippen molar-refractivity contribution in [3.8, 4) is 0 Å².